The minimum atomic E-state index is 0.270. The molecular weight excluding hydrogens is 392 g/mol. The van der Waals surface area contributed by atoms with Crippen LogP contribution in [0.15, 0.2) is 70.8 Å². The molecule has 0 aliphatic carbocycles. The Labute approximate surface area is 170 Å². The molecule has 0 amide bonds. The topological polar surface area (TPSA) is 80.3 Å². The maximum absolute atomic E-state index is 8.89. The standard InChI is InChI=1S/C20H13ClN6S/c1-13-2-9-17(10-3-13)27-19(14-4-6-15(21)7-5-14)25-26-20(27)28-18-11-8-16(12-22)23-24-18/h2-11H,1H3. The highest BCUT2D eigenvalue weighted by Gasteiger charge is 2.17. The lowest BCUT2D eigenvalue weighted by Crippen LogP contribution is -2.00. The van der Waals surface area contributed by atoms with Gasteiger partial charge in [-0.15, -0.1) is 20.4 Å². The van der Waals surface area contributed by atoms with Crippen LogP contribution < -0.4 is 0 Å². The molecule has 28 heavy (non-hydrogen) atoms. The molecule has 2 heterocycles. The van der Waals surface area contributed by atoms with E-state index in [4.69, 9.17) is 16.9 Å². The van der Waals surface area contributed by atoms with Gasteiger partial charge >= 0.3 is 0 Å². The molecule has 0 atom stereocenters. The van der Waals surface area contributed by atoms with Crippen molar-refractivity contribution in [2.45, 2.75) is 17.1 Å². The summed E-state index contributed by atoms with van der Waals surface area (Å²) in [5.41, 5.74) is 3.27. The lowest BCUT2D eigenvalue weighted by molar-refractivity contribution is 0.868. The van der Waals surface area contributed by atoms with Gasteiger partial charge in [-0.25, -0.2) is 0 Å². The first-order valence-corrected chi connectivity index (χ1v) is 9.53. The lowest BCUT2D eigenvalue weighted by atomic mass is 10.2. The third-order valence-corrected chi connectivity index (χ3v) is 5.10. The van der Waals surface area contributed by atoms with Crippen LogP contribution in [0.5, 0.6) is 0 Å². The molecule has 6 nitrogen and oxygen atoms in total. The zero-order chi connectivity index (χ0) is 19.5. The predicted molar refractivity (Wildman–Crippen MR) is 107 cm³/mol. The van der Waals surface area contributed by atoms with Crippen LogP contribution in [0.25, 0.3) is 17.1 Å². The molecule has 2 aromatic heterocycles. The Morgan fingerprint density at radius 3 is 2.29 bits per heavy atom. The number of hydrogen-bond acceptors (Lipinski definition) is 6. The first-order valence-electron chi connectivity index (χ1n) is 8.34. The summed E-state index contributed by atoms with van der Waals surface area (Å²) in [5.74, 6) is 0.699. The maximum Gasteiger partial charge on any atom is 0.202 e. The van der Waals surface area contributed by atoms with Crippen LogP contribution in [0.4, 0.5) is 0 Å². The number of halogens is 1. The second-order valence-corrected chi connectivity index (χ2v) is 7.38. The summed E-state index contributed by atoms with van der Waals surface area (Å²) < 4.78 is 1.97. The van der Waals surface area contributed by atoms with Crippen LogP contribution in [-0.4, -0.2) is 25.0 Å². The van der Waals surface area contributed by atoms with Crippen molar-refractivity contribution in [1.29, 1.82) is 5.26 Å². The fourth-order valence-electron chi connectivity index (χ4n) is 2.58. The molecule has 8 heteroatoms. The Balaban J connectivity index is 1.80. The van der Waals surface area contributed by atoms with E-state index in [1.165, 1.54) is 11.8 Å². The van der Waals surface area contributed by atoms with E-state index in [0.29, 0.717) is 21.0 Å². The molecule has 0 fully saturated rings. The summed E-state index contributed by atoms with van der Waals surface area (Å²) in [5, 5.41) is 27.5. The van der Waals surface area contributed by atoms with E-state index in [0.717, 1.165) is 16.8 Å². The van der Waals surface area contributed by atoms with Gasteiger partial charge in [-0.05, 0) is 67.2 Å². The molecule has 0 radical (unpaired) electrons. The molecule has 0 saturated carbocycles. The smallest absolute Gasteiger partial charge is 0.202 e. The van der Waals surface area contributed by atoms with Crippen LogP contribution in [0.1, 0.15) is 11.3 Å². The van der Waals surface area contributed by atoms with Gasteiger partial charge in [0.05, 0.1) is 0 Å². The van der Waals surface area contributed by atoms with Gasteiger partial charge < -0.3 is 0 Å². The van der Waals surface area contributed by atoms with Crippen molar-refractivity contribution in [3.63, 3.8) is 0 Å². The fraction of sp³-hybridized carbons (Fsp3) is 0.0500. The highest BCUT2D eigenvalue weighted by Crippen LogP contribution is 2.31. The third-order valence-electron chi connectivity index (χ3n) is 3.98. The highest BCUT2D eigenvalue weighted by atomic mass is 35.5. The average Bonchev–Trinajstić information content (AvgIpc) is 3.13. The minimum absolute atomic E-state index is 0.270. The van der Waals surface area contributed by atoms with Crippen molar-refractivity contribution in [2.75, 3.05) is 0 Å². The van der Waals surface area contributed by atoms with Crippen LogP contribution in [0, 0.1) is 18.3 Å². The number of nitrogens with zero attached hydrogens (tertiary/aromatic N) is 6. The number of aryl methyl sites for hydroxylation is 1. The van der Waals surface area contributed by atoms with E-state index in [-0.39, 0.29) is 5.69 Å². The maximum atomic E-state index is 8.89. The summed E-state index contributed by atoms with van der Waals surface area (Å²) in [6, 6.07) is 20.9. The average molecular weight is 405 g/mol. The van der Waals surface area contributed by atoms with E-state index >= 15 is 0 Å². The SMILES string of the molecule is Cc1ccc(-n2c(Sc3ccc(C#N)nn3)nnc2-c2ccc(Cl)cc2)cc1. The Morgan fingerprint density at radius 2 is 1.64 bits per heavy atom. The number of rotatable bonds is 4. The molecule has 4 rings (SSSR count). The number of aromatic nitrogens is 5. The van der Waals surface area contributed by atoms with Crippen LogP contribution in [0.3, 0.4) is 0 Å². The number of nitriles is 1. The van der Waals surface area contributed by atoms with E-state index in [1.807, 2.05) is 66.1 Å². The first kappa shape index (κ1) is 18.2. The van der Waals surface area contributed by atoms with Gasteiger partial charge in [0, 0.05) is 16.3 Å². The van der Waals surface area contributed by atoms with Crippen molar-refractivity contribution >= 4 is 23.4 Å². The quantitative estimate of drug-likeness (QED) is 0.490. The van der Waals surface area contributed by atoms with Gasteiger partial charge in [-0.3, -0.25) is 4.57 Å². The van der Waals surface area contributed by atoms with Gasteiger partial charge in [0.25, 0.3) is 0 Å². The van der Waals surface area contributed by atoms with E-state index < -0.39 is 0 Å². The molecule has 0 spiro atoms. The number of benzene rings is 2. The second-order valence-electron chi connectivity index (χ2n) is 5.95. The zero-order valence-electron chi connectivity index (χ0n) is 14.7. The van der Waals surface area contributed by atoms with Gasteiger partial charge in [-0.2, -0.15) is 5.26 Å². The largest absolute Gasteiger partial charge is 0.270 e. The van der Waals surface area contributed by atoms with E-state index in [9.17, 15) is 0 Å². The monoisotopic (exact) mass is 404 g/mol. The van der Waals surface area contributed by atoms with Gasteiger partial charge in [0.15, 0.2) is 11.5 Å². The summed E-state index contributed by atoms with van der Waals surface area (Å²) in [6.45, 7) is 2.04. The molecule has 136 valence electrons. The predicted octanol–water partition coefficient (Wildman–Crippen LogP) is 4.71. The molecule has 4 aromatic rings. The molecular formula is C20H13ClN6S. The molecule has 0 saturated heterocycles. The van der Waals surface area contributed by atoms with E-state index in [1.54, 1.807) is 12.1 Å². The van der Waals surface area contributed by atoms with E-state index in [2.05, 4.69) is 20.4 Å². The van der Waals surface area contributed by atoms with Crippen molar-refractivity contribution in [3.05, 3.63) is 76.9 Å². The normalized spacial score (nSPS) is 10.6. The van der Waals surface area contributed by atoms with Crippen molar-refractivity contribution < 1.29 is 0 Å². The van der Waals surface area contributed by atoms with Gasteiger partial charge in [-0.1, -0.05) is 29.3 Å². The second kappa shape index (κ2) is 7.80. The number of hydrogen-bond donors (Lipinski definition) is 0. The van der Waals surface area contributed by atoms with Crippen LogP contribution in [0.2, 0.25) is 5.02 Å². The van der Waals surface area contributed by atoms with Gasteiger partial charge in [0.2, 0.25) is 5.16 Å². The molecule has 0 aliphatic heterocycles. The lowest BCUT2D eigenvalue weighted by Gasteiger charge is -2.10. The fourth-order valence-corrected chi connectivity index (χ4v) is 3.47. The van der Waals surface area contributed by atoms with Crippen molar-refractivity contribution in [2.24, 2.45) is 0 Å². The molecule has 0 bridgehead atoms. The Kier molecular flexibility index (Phi) is 5.06. The summed E-state index contributed by atoms with van der Waals surface area (Å²) in [6.07, 6.45) is 0. The third kappa shape index (κ3) is 3.74. The summed E-state index contributed by atoms with van der Waals surface area (Å²) in [7, 11) is 0. The Hall–Kier alpha value is -3.21. The van der Waals surface area contributed by atoms with Crippen molar-refractivity contribution in [3.8, 4) is 23.1 Å². The van der Waals surface area contributed by atoms with Crippen molar-refractivity contribution in [1.82, 2.24) is 25.0 Å². The Morgan fingerprint density at radius 1 is 0.893 bits per heavy atom. The Bertz CT molecular complexity index is 1150. The van der Waals surface area contributed by atoms with Crippen LogP contribution >= 0.6 is 23.4 Å². The first-order chi connectivity index (χ1) is 13.6. The van der Waals surface area contributed by atoms with Crippen LogP contribution in [-0.2, 0) is 0 Å². The van der Waals surface area contributed by atoms with Gasteiger partial charge in [0.1, 0.15) is 11.1 Å². The molecule has 0 N–H and O–H groups in total. The zero-order valence-corrected chi connectivity index (χ0v) is 16.3. The molecule has 0 aliphatic rings. The highest BCUT2D eigenvalue weighted by molar-refractivity contribution is 7.99. The summed E-state index contributed by atoms with van der Waals surface area (Å²) >= 11 is 7.36. The molecule has 0 unspecified atom stereocenters. The summed E-state index contributed by atoms with van der Waals surface area (Å²) in [4.78, 5) is 0. The molecule has 2 aromatic carbocycles. The minimum Gasteiger partial charge on any atom is -0.270 e.